The van der Waals surface area contributed by atoms with Gasteiger partial charge in [0.05, 0.1) is 17.6 Å². The fraction of sp³-hybridized carbons (Fsp3) is 0.438. The summed E-state index contributed by atoms with van der Waals surface area (Å²) in [4.78, 5) is 24.8. The molecule has 0 unspecified atom stereocenters. The van der Waals surface area contributed by atoms with Gasteiger partial charge in [0.2, 0.25) is 5.91 Å². The number of hydrogen-bond donors (Lipinski definition) is 1. The van der Waals surface area contributed by atoms with Gasteiger partial charge >= 0.3 is 5.97 Å². The predicted molar refractivity (Wildman–Crippen MR) is 83.5 cm³/mol. The Morgan fingerprint density at radius 3 is 2.64 bits per heavy atom. The van der Waals surface area contributed by atoms with E-state index in [2.05, 4.69) is 5.10 Å². The fourth-order valence-corrected chi connectivity index (χ4v) is 2.53. The number of benzene rings is 1. The summed E-state index contributed by atoms with van der Waals surface area (Å²) in [7, 11) is 1.83. The molecule has 2 aromatic rings. The van der Waals surface area contributed by atoms with Crippen LogP contribution in [0.25, 0.3) is 10.9 Å². The van der Waals surface area contributed by atoms with Gasteiger partial charge in [-0.3, -0.25) is 14.3 Å². The molecule has 0 saturated heterocycles. The van der Waals surface area contributed by atoms with E-state index in [1.54, 1.807) is 4.68 Å². The van der Waals surface area contributed by atoms with Crippen molar-refractivity contribution in [3.05, 3.63) is 30.0 Å². The summed E-state index contributed by atoms with van der Waals surface area (Å²) in [6, 6.07) is 7.70. The molecule has 0 bridgehead atoms. The molecule has 0 fully saturated rings. The Bertz CT molecular complexity index is 691. The van der Waals surface area contributed by atoms with Crippen molar-refractivity contribution in [3.8, 4) is 0 Å². The van der Waals surface area contributed by atoms with Crippen molar-refractivity contribution in [3.63, 3.8) is 0 Å². The number of aromatic nitrogens is 2. The maximum atomic E-state index is 12.4. The molecular formula is C16H21N3O3. The van der Waals surface area contributed by atoms with Gasteiger partial charge in [0.1, 0.15) is 6.54 Å². The van der Waals surface area contributed by atoms with Crippen molar-refractivity contribution in [2.45, 2.75) is 20.3 Å². The molecule has 1 aromatic heterocycles. The molecule has 1 N–H and O–H groups in total. The minimum Gasteiger partial charge on any atom is -0.480 e. The smallest absolute Gasteiger partial charge is 0.323 e. The Kier molecular flexibility index (Phi) is 4.80. The van der Waals surface area contributed by atoms with Gasteiger partial charge in [-0.2, -0.15) is 5.10 Å². The van der Waals surface area contributed by atoms with Crippen LogP contribution in [0.15, 0.2) is 24.3 Å². The normalized spacial score (nSPS) is 11.1. The molecule has 1 heterocycles. The number of carbonyl (C=O) groups excluding carboxylic acids is 1. The lowest BCUT2D eigenvalue weighted by atomic mass is 10.1. The molecule has 0 atom stereocenters. The first-order valence-corrected chi connectivity index (χ1v) is 7.28. The zero-order chi connectivity index (χ0) is 16.3. The first-order valence-electron chi connectivity index (χ1n) is 7.28. The summed E-state index contributed by atoms with van der Waals surface area (Å²) in [5.74, 6) is -0.997. The Hall–Kier alpha value is -2.37. The summed E-state index contributed by atoms with van der Waals surface area (Å²) >= 11 is 0. The van der Waals surface area contributed by atoms with Crippen LogP contribution in [-0.4, -0.2) is 44.8 Å². The molecule has 6 nitrogen and oxygen atoms in total. The molecule has 2 rings (SSSR count). The van der Waals surface area contributed by atoms with E-state index in [9.17, 15) is 9.59 Å². The lowest BCUT2D eigenvalue weighted by molar-refractivity contribution is -0.144. The zero-order valence-electron chi connectivity index (χ0n) is 13.1. The Balaban J connectivity index is 2.22. The van der Waals surface area contributed by atoms with E-state index in [4.69, 9.17) is 5.11 Å². The molecule has 0 spiro atoms. The minimum absolute atomic E-state index is 0.112. The highest BCUT2D eigenvalue weighted by molar-refractivity contribution is 5.88. The van der Waals surface area contributed by atoms with Gasteiger partial charge in [0.15, 0.2) is 0 Å². The zero-order valence-corrected chi connectivity index (χ0v) is 13.1. The van der Waals surface area contributed by atoms with Crippen LogP contribution in [0.4, 0.5) is 0 Å². The van der Waals surface area contributed by atoms with Crippen LogP contribution in [0.1, 0.15) is 19.5 Å². The van der Waals surface area contributed by atoms with Crippen molar-refractivity contribution < 1.29 is 14.7 Å². The maximum Gasteiger partial charge on any atom is 0.323 e. The fourth-order valence-electron chi connectivity index (χ4n) is 2.53. The van der Waals surface area contributed by atoms with Gasteiger partial charge < -0.3 is 10.0 Å². The van der Waals surface area contributed by atoms with Crippen molar-refractivity contribution in [1.82, 2.24) is 14.7 Å². The van der Waals surface area contributed by atoms with Gasteiger partial charge in [-0.05, 0) is 12.0 Å². The topological polar surface area (TPSA) is 75.4 Å². The van der Waals surface area contributed by atoms with E-state index >= 15 is 0 Å². The summed E-state index contributed by atoms with van der Waals surface area (Å²) in [6.07, 6.45) is 0.112. The van der Waals surface area contributed by atoms with Crippen LogP contribution >= 0.6 is 0 Å². The van der Waals surface area contributed by atoms with E-state index < -0.39 is 5.97 Å². The summed E-state index contributed by atoms with van der Waals surface area (Å²) in [5.41, 5.74) is 1.64. The highest BCUT2D eigenvalue weighted by Gasteiger charge is 2.20. The third kappa shape index (κ3) is 3.63. The number of carboxylic acid groups (broad SMARTS) is 1. The number of aliphatic carboxylic acids is 1. The SMILES string of the molecule is CC(C)CN(CC(=O)O)C(=O)Cc1nn(C)c2ccccc12. The Morgan fingerprint density at radius 1 is 1.32 bits per heavy atom. The van der Waals surface area contributed by atoms with E-state index in [1.807, 2.05) is 45.2 Å². The van der Waals surface area contributed by atoms with Gasteiger partial charge in [0.25, 0.3) is 0 Å². The minimum atomic E-state index is -1.00. The third-order valence-electron chi connectivity index (χ3n) is 3.42. The number of rotatable bonds is 6. The van der Waals surface area contributed by atoms with Crippen LogP contribution in [0, 0.1) is 5.92 Å². The first kappa shape index (κ1) is 16.0. The first-order chi connectivity index (χ1) is 10.4. The highest BCUT2D eigenvalue weighted by Crippen LogP contribution is 2.18. The molecule has 6 heteroatoms. The number of para-hydroxylation sites is 1. The van der Waals surface area contributed by atoms with Gasteiger partial charge in [-0.15, -0.1) is 0 Å². The molecule has 0 saturated carbocycles. The number of carbonyl (C=O) groups is 2. The van der Waals surface area contributed by atoms with E-state index in [1.165, 1.54) is 4.90 Å². The standard InChI is InChI=1S/C16H21N3O3/c1-11(2)9-19(10-16(21)22)15(20)8-13-12-6-4-5-7-14(12)18(3)17-13/h4-7,11H,8-10H2,1-3H3,(H,21,22). The average molecular weight is 303 g/mol. The molecule has 0 aliphatic carbocycles. The quantitative estimate of drug-likeness (QED) is 0.881. The molecule has 1 aromatic carbocycles. The summed E-state index contributed by atoms with van der Waals surface area (Å²) in [5, 5.41) is 14.3. The molecule has 22 heavy (non-hydrogen) atoms. The Labute approximate surface area is 129 Å². The third-order valence-corrected chi connectivity index (χ3v) is 3.42. The monoisotopic (exact) mass is 303 g/mol. The summed E-state index contributed by atoms with van der Waals surface area (Å²) in [6.45, 7) is 4.06. The number of amides is 1. The number of fused-ring (bicyclic) bond motifs is 1. The second-order valence-electron chi connectivity index (χ2n) is 5.83. The second kappa shape index (κ2) is 6.60. The van der Waals surface area contributed by atoms with Crippen LogP contribution < -0.4 is 0 Å². The average Bonchev–Trinajstić information content (AvgIpc) is 2.74. The molecule has 118 valence electrons. The van der Waals surface area contributed by atoms with Crippen LogP contribution in [0.3, 0.4) is 0 Å². The van der Waals surface area contributed by atoms with Crippen LogP contribution in [-0.2, 0) is 23.1 Å². The van der Waals surface area contributed by atoms with Gasteiger partial charge in [0, 0.05) is 19.0 Å². The van der Waals surface area contributed by atoms with E-state index in [0.29, 0.717) is 12.2 Å². The lowest BCUT2D eigenvalue weighted by Crippen LogP contribution is -2.39. The molecule has 1 amide bonds. The van der Waals surface area contributed by atoms with Crippen molar-refractivity contribution in [2.24, 2.45) is 13.0 Å². The second-order valence-corrected chi connectivity index (χ2v) is 5.83. The van der Waals surface area contributed by atoms with Crippen molar-refractivity contribution in [1.29, 1.82) is 0 Å². The Morgan fingerprint density at radius 2 is 2.00 bits per heavy atom. The van der Waals surface area contributed by atoms with E-state index in [-0.39, 0.29) is 24.8 Å². The van der Waals surface area contributed by atoms with E-state index in [0.717, 1.165) is 10.9 Å². The lowest BCUT2D eigenvalue weighted by Gasteiger charge is -2.22. The van der Waals surface area contributed by atoms with Crippen LogP contribution in [0.2, 0.25) is 0 Å². The molecular weight excluding hydrogens is 282 g/mol. The van der Waals surface area contributed by atoms with Gasteiger partial charge in [-0.1, -0.05) is 32.0 Å². The van der Waals surface area contributed by atoms with Crippen molar-refractivity contribution >= 4 is 22.8 Å². The molecule has 0 radical (unpaired) electrons. The maximum absolute atomic E-state index is 12.4. The van der Waals surface area contributed by atoms with Crippen molar-refractivity contribution in [2.75, 3.05) is 13.1 Å². The van der Waals surface area contributed by atoms with Crippen LogP contribution in [0.5, 0.6) is 0 Å². The number of hydrogen-bond acceptors (Lipinski definition) is 3. The highest BCUT2D eigenvalue weighted by atomic mass is 16.4. The molecule has 0 aliphatic heterocycles. The predicted octanol–water partition coefficient (Wildman–Crippen LogP) is 1.68. The number of carboxylic acids is 1. The van der Waals surface area contributed by atoms with Gasteiger partial charge in [-0.25, -0.2) is 0 Å². The molecule has 0 aliphatic rings. The largest absolute Gasteiger partial charge is 0.480 e. The summed E-state index contributed by atoms with van der Waals surface area (Å²) < 4.78 is 1.74. The number of aryl methyl sites for hydroxylation is 1. The number of nitrogens with zero attached hydrogens (tertiary/aromatic N) is 3.